The van der Waals surface area contributed by atoms with E-state index in [0.717, 1.165) is 11.3 Å². The molecule has 1 fully saturated rings. The Kier molecular flexibility index (Phi) is 4.86. The molecule has 1 saturated carbocycles. The molecule has 1 aliphatic rings. The van der Waals surface area contributed by atoms with Crippen LogP contribution >= 0.6 is 23.2 Å². The van der Waals surface area contributed by atoms with Crippen molar-refractivity contribution in [3.63, 3.8) is 0 Å². The largest absolute Gasteiger partial charge is 0.490 e. The first-order valence-corrected chi connectivity index (χ1v) is 7.63. The zero-order chi connectivity index (χ0) is 14.0. The monoisotopic (exact) mass is 302 g/mol. The fraction of sp³-hybridized carbons (Fsp3) is 0.600. The number of ether oxygens (including phenoxy) is 2. The molecule has 0 saturated heterocycles. The number of rotatable bonds is 6. The Bertz CT molecular complexity index is 448. The van der Waals surface area contributed by atoms with Crippen LogP contribution < -0.4 is 9.47 Å². The number of hydrogen-bond donors (Lipinski definition) is 0. The minimum absolute atomic E-state index is 0.0441. The average Bonchev–Trinajstić information content (AvgIpc) is 3.09. The van der Waals surface area contributed by atoms with E-state index in [2.05, 4.69) is 6.92 Å². The normalized spacial score (nSPS) is 23.0. The van der Waals surface area contributed by atoms with E-state index in [4.69, 9.17) is 32.7 Å². The van der Waals surface area contributed by atoms with E-state index < -0.39 is 0 Å². The Labute approximate surface area is 125 Å². The van der Waals surface area contributed by atoms with Crippen LogP contribution in [-0.4, -0.2) is 13.2 Å². The molecule has 0 amide bonds. The van der Waals surface area contributed by atoms with Gasteiger partial charge in [-0.3, -0.25) is 0 Å². The second kappa shape index (κ2) is 6.23. The minimum atomic E-state index is -0.0441. The first-order valence-electron chi connectivity index (χ1n) is 6.81. The van der Waals surface area contributed by atoms with E-state index in [-0.39, 0.29) is 5.38 Å². The molecule has 2 nitrogen and oxygen atoms in total. The quantitative estimate of drug-likeness (QED) is 0.683. The molecule has 1 aliphatic carbocycles. The van der Waals surface area contributed by atoms with E-state index in [0.29, 0.717) is 35.8 Å². The van der Waals surface area contributed by atoms with Gasteiger partial charge in [0.2, 0.25) is 0 Å². The van der Waals surface area contributed by atoms with Crippen molar-refractivity contribution in [1.29, 1.82) is 0 Å². The van der Waals surface area contributed by atoms with E-state index in [1.54, 1.807) is 0 Å². The molecule has 19 heavy (non-hydrogen) atoms. The third-order valence-corrected chi connectivity index (χ3v) is 4.39. The van der Waals surface area contributed by atoms with Crippen molar-refractivity contribution in [1.82, 2.24) is 0 Å². The fourth-order valence-corrected chi connectivity index (χ4v) is 3.15. The molecule has 0 heterocycles. The van der Waals surface area contributed by atoms with Gasteiger partial charge in [0.05, 0.1) is 18.6 Å². The fourth-order valence-electron chi connectivity index (χ4n) is 2.29. The molecule has 0 N–H and O–H groups in total. The third-order valence-electron chi connectivity index (χ3n) is 3.51. The van der Waals surface area contributed by atoms with Crippen molar-refractivity contribution in [3.05, 3.63) is 22.7 Å². The van der Waals surface area contributed by atoms with Crippen LogP contribution in [0.2, 0.25) is 5.02 Å². The van der Waals surface area contributed by atoms with Crippen LogP contribution in [0.4, 0.5) is 0 Å². The molecule has 0 radical (unpaired) electrons. The lowest BCUT2D eigenvalue weighted by Gasteiger charge is -2.17. The van der Waals surface area contributed by atoms with Crippen LogP contribution in [0, 0.1) is 11.8 Å². The summed E-state index contributed by atoms with van der Waals surface area (Å²) in [5.74, 6) is 2.61. The molecule has 1 aromatic carbocycles. The highest BCUT2D eigenvalue weighted by Crippen LogP contribution is 2.52. The average molecular weight is 303 g/mol. The zero-order valence-electron chi connectivity index (χ0n) is 11.6. The van der Waals surface area contributed by atoms with Gasteiger partial charge in [0.15, 0.2) is 11.5 Å². The lowest BCUT2D eigenvalue weighted by atomic mass is 10.1. The van der Waals surface area contributed by atoms with Gasteiger partial charge in [-0.2, -0.15) is 0 Å². The summed E-state index contributed by atoms with van der Waals surface area (Å²) < 4.78 is 11.2. The van der Waals surface area contributed by atoms with Crippen molar-refractivity contribution in [3.8, 4) is 11.5 Å². The first-order chi connectivity index (χ1) is 9.08. The SMILES string of the molecule is CCOc1cc(Cl)c(C(Cl)C2CC2C)cc1OCC. The Hall–Kier alpha value is -0.600. The summed E-state index contributed by atoms with van der Waals surface area (Å²) >= 11 is 12.9. The Morgan fingerprint density at radius 3 is 2.21 bits per heavy atom. The predicted octanol–water partition coefficient (Wildman–Crippen LogP) is 5.07. The summed E-state index contributed by atoms with van der Waals surface area (Å²) in [7, 11) is 0. The molecule has 1 aromatic rings. The van der Waals surface area contributed by atoms with E-state index in [1.807, 2.05) is 26.0 Å². The highest BCUT2D eigenvalue weighted by molar-refractivity contribution is 6.33. The van der Waals surface area contributed by atoms with Crippen LogP contribution in [0.3, 0.4) is 0 Å². The third kappa shape index (κ3) is 3.29. The lowest BCUT2D eigenvalue weighted by molar-refractivity contribution is 0.287. The molecule has 0 aliphatic heterocycles. The zero-order valence-corrected chi connectivity index (χ0v) is 13.1. The van der Waals surface area contributed by atoms with Crippen LogP contribution in [-0.2, 0) is 0 Å². The molecule has 3 atom stereocenters. The maximum absolute atomic E-state index is 6.52. The number of hydrogen-bond acceptors (Lipinski definition) is 2. The van der Waals surface area contributed by atoms with Gasteiger partial charge in [-0.1, -0.05) is 18.5 Å². The Balaban J connectivity index is 2.30. The first kappa shape index (κ1) is 14.8. The maximum atomic E-state index is 6.52. The highest BCUT2D eigenvalue weighted by atomic mass is 35.5. The van der Waals surface area contributed by atoms with Gasteiger partial charge in [-0.25, -0.2) is 0 Å². The molecular formula is C15H20Cl2O2. The van der Waals surface area contributed by atoms with Crippen LogP contribution in [0.1, 0.15) is 38.1 Å². The van der Waals surface area contributed by atoms with Gasteiger partial charge in [0.1, 0.15) is 0 Å². The van der Waals surface area contributed by atoms with Gasteiger partial charge in [-0.05, 0) is 43.7 Å². The van der Waals surface area contributed by atoms with Crippen LogP contribution in [0.15, 0.2) is 12.1 Å². The van der Waals surface area contributed by atoms with Crippen molar-refractivity contribution in [2.75, 3.05) is 13.2 Å². The smallest absolute Gasteiger partial charge is 0.162 e. The number of benzene rings is 1. The van der Waals surface area contributed by atoms with E-state index in [1.165, 1.54) is 6.42 Å². The van der Waals surface area contributed by atoms with Gasteiger partial charge in [0, 0.05) is 11.1 Å². The summed E-state index contributed by atoms with van der Waals surface area (Å²) in [4.78, 5) is 0. The van der Waals surface area contributed by atoms with Crippen LogP contribution in [0.5, 0.6) is 11.5 Å². The molecule has 106 valence electrons. The molecule has 0 bridgehead atoms. The molecule has 0 spiro atoms. The summed E-state index contributed by atoms with van der Waals surface area (Å²) in [6.45, 7) is 7.28. The van der Waals surface area contributed by atoms with Gasteiger partial charge in [0.25, 0.3) is 0 Å². The molecule has 4 heteroatoms. The van der Waals surface area contributed by atoms with Gasteiger partial charge in [-0.15, -0.1) is 11.6 Å². The second-order valence-electron chi connectivity index (χ2n) is 4.97. The predicted molar refractivity (Wildman–Crippen MR) is 79.7 cm³/mol. The summed E-state index contributed by atoms with van der Waals surface area (Å²) in [6.07, 6.45) is 1.17. The van der Waals surface area contributed by atoms with E-state index in [9.17, 15) is 0 Å². The maximum Gasteiger partial charge on any atom is 0.162 e. The highest BCUT2D eigenvalue weighted by Gasteiger charge is 2.40. The molecule has 3 unspecified atom stereocenters. The topological polar surface area (TPSA) is 18.5 Å². The van der Waals surface area contributed by atoms with Crippen molar-refractivity contribution < 1.29 is 9.47 Å². The van der Waals surface area contributed by atoms with Crippen molar-refractivity contribution >= 4 is 23.2 Å². The standard InChI is InChI=1S/C15H20Cl2O2/c1-4-18-13-7-11(15(17)10-6-9(10)3)12(16)8-14(13)19-5-2/h7-10,15H,4-6H2,1-3H3. The van der Waals surface area contributed by atoms with Gasteiger partial charge >= 0.3 is 0 Å². The van der Waals surface area contributed by atoms with Crippen molar-refractivity contribution in [2.45, 2.75) is 32.6 Å². The lowest BCUT2D eigenvalue weighted by Crippen LogP contribution is -2.02. The molecular weight excluding hydrogens is 283 g/mol. The Morgan fingerprint density at radius 2 is 1.74 bits per heavy atom. The summed E-state index contributed by atoms with van der Waals surface area (Å²) in [5.41, 5.74) is 0.949. The summed E-state index contributed by atoms with van der Waals surface area (Å²) in [6, 6.07) is 3.74. The molecule has 2 rings (SSSR count). The van der Waals surface area contributed by atoms with Crippen molar-refractivity contribution in [2.24, 2.45) is 11.8 Å². The van der Waals surface area contributed by atoms with Gasteiger partial charge < -0.3 is 9.47 Å². The number of halogens is 2. The molecule has 0 aromatic heterocycles. The van der Waals surface area contributed by atoms with E-state index >= 15 is 0 Å². The van der Waals surface area contributed by atoms with Crippen LogP contribution in [0.25, 0.3) is 0 Å². The second-order valence-corrected chi connectivity index (χ2v) is 5.84. The minimum Gasteiger partial charge on any atom is -0.490 e. The number of alkyl halides is 1. The Morgan fingerprint density at radius 1 is 1.21 bits per heavy atom. The summed E-state index contributed by atoms with van der Waals surface area (Å²) in [5, 5.41) is 0.614.